The quantitative estimate of drug-likeness (QED) is 0.555. The van der Waals surface area contributed by atoms with Gasteiger partial charge in [-0.2, -0.15) is 5.10 Å². The van der Waals surface area contributed by atoms with Crippen molar-refractivity contribution in [1.29, 1.82) is 0 Å². The summed E-state index contributed by atoms with van der Waals surface area (Å²) in [5, 5.41) is 5.52. The SMILES string of the molecule is CC.Nc1[nH]ncc1F. The van der Waals surface area contributed by atoms with E-state index < -0.39 is 5.82 Å². The van der Waals surface area contributed by atoms with Crippen molar-refractivity contribution in [2.45, 2.75) is 13.8 Å². The molecule has 0 spiro atoms. The molecule has 0 radical (unpaired) electrons. The lowest BCUT2D eigenvalue weighted by atomic mass is 10.6. The number of nitrogens with one attached hydrogen (secondary N) is 1. The van der Waals surface area contributed by atoms with Gasteiger partial charge in [0.1, 0.15) is 0 Å². The molecule has 52 valence electrons. The van der Waals surface area contributed by atoms with E-state index in [2.05, 4.69) is 10.2 Å². The Morgan fingerprint density at radius 2 is 2.22 bits per heavy atom. The number of halogens is 1. The number of hydrogen-bond donors (Lipinski definition) is 2. The molecule has 0 saturated carbocycles. The molecule has 0 unspecified atom stereocenters. The maximum atomic E-state index is 11.9. The van der Waals surface area contributed by atoms with Gasteiger partial charge >= 0.3 is 0 Å². The lowest BCUT2D eigenvalue weighted by Crippen LogP contribution is -1.85. The third-order valence-corrected chi connectivity index (χ3v) is 0.620. The van der Waals surface area contributed by atoms with Gasteiger partial charge in [0.15, 0.2) is 11.6 Å². The Balaban J connectivity index is 0.000000291. The molecule has 0 aliphatic carbocycles. The van der Waals surface area contributed by atoms with E-state index in [1.165, 1.54) is 0 Å². The van der Waals surface area contributed by atoms with Gasteiger partial charge in [0.2, 0.25) is 0 Å². The standard InChI is InChI=1S/C3H4FN3.C2H6/c4-2-1-6-7-3(2)5;1-2/h1H,(H3,5,6,7);1-2H3. The Hall–Kier alpha value is -1.06. The molecule has 0 saturated heterocycles. The van der Waals surface area contributed by atoms with Crippen molar-refractivity contribution in [3.63, 3.8) is 0 Å². The predicted molar refractivity (Wildman–Crippen MR) is 34.3 cm³/mol. The first-order valence-electron chi connectivity index (χ1n) is 2.75. The molecular weight excluding hydrogens is 121 g/mol. The minimum Gasteiger partial charge on any atom is -0.382 e. The van der Waals surface area contributed by atoms with Gasteiger partial charge in [0, 0.05) is 0 Å². The van der Waals surface area contributed by atoms with Gasteiger partial charge in [-0.3, -0.25) is 5.10 Å². The van der Waals surface area contributed by atoms with Crippen LogP contribution in [0.5, 0.6) is 0 Å². The van der Waals surface area contributed by atoms with Crippen LogP contribution in [0.3, 0.4) is 0 Å². The van der Waals surface area contributed by atoms with Gasteiger partial charge in [-0.05, 0) is 0 Å². The van der Waals surface area contributed by atoms with Crippen molar-refractivity contribution in [2.24, 2.45) is 0 Å². The Morgan fingerprint density at radius 3 is 2.33 bits per heavy atom. The van der Waals surface area contributed by atoms with Gasteiger partial charge < -0.3 is 5.73 Å². The fourth-order valence-corrected chi connectivity index (χ4v) is 0.281. The normalized spacial score (nSPS) is 7.89. The fourth-order valence-electron chi connectivity index (χ4n) is 0.281. The van der Waals surface area contributed by atoms with Crippen molar-refractivity contribution >= 4 is 5.82 Å². The summed E-state index contributed by atoms with van der Waals surface area (Å²) in [6.45, 7) is 4.00. The summed E-state index contributed by atoms with van der Waals surface area (Å²) >= 11 is 0. The highest BCUT2D eigenvalue weighted by Gasteiger charge is 1.93. The van der Waals surface area contributed by atoms with Crippen LogP contribution in [0.2, 0.25) is 0 Å². The van der Waals surface area contributed by atoms with E-state index in [9.17, 15) is 4.39 Å². The Labute approximate surface area is 53.1 Å². The van der Waals surface area contributed by atoms with Crippen LogP contribution < -0.4 is 5.73 Å². The second kappa shape index (κ2) is 3.88. The van der Waals surface area contributed by atoms with Crippen LogP contribution in [0.4, 0.5) is 10.2 Å². The molecular formula is C5H10FN3. The molecule has 0 aromatic carbocycles. The molecule has 0 bridgehead atoms. The number of anilines is 1. The summed E-state index contributed by atoms with van der Waals surface area (Å²) in [5.41, 5.74) is 4.95. The minimum absolute atomic E-state index is 0.0139. The smallest absolute Gasteiger partial charge is 0.184 e. The van der Waals surface area contributed by atoms with E-state index >= 15 is 0 Å². The second-order valence-electron chi connectivity index (χ2n) is 1.13. The van der Waals surface area contributed by atoms with Crippen molar-refractivity contribution in [3.05, 3.63) is 12.0 Å². The molecule has 1 heterocycles. The van der Waals surface area contributed by atoms with Crippen LogP contribution in [-0.4, -0.2) is 10.2 Å². The molecule has 3 N–H and O–H groups in total. The van der Waals surface area contributed by atoms with Crippen LogP contribution >= 0.6 is 0 Å². The number of nitrogens with zero attached hydrogens (tertiary/aromatic N) is 1. The Bertz CT molecular complexity index is 144. The highest BCUT2D eigenvalue weighted by molar-refractivity contribution is 5.25. The maximum absolute atomic E-state index is 11.9. The van der Waals surface area contributed by atoms with Gasteiger partial charge in [-0.1, -0.05) is 13.8 Å². The number of hydrogen-bond acceptors (Lipinski definition) is 2. The summed E-state index contributed by atoms with van der Waals surface area (Å²) in [6.07, 6.45) is 1.02. The zero-order chi connectivity index (χ0) is 7.28. The molecule has 0 fully saturated rings. The lowest BCUT2D eigenvalue weighted by molar-refractivity contribution is 0.633. The molecule has 1 aromatic rings. The van der Waals surface area contributed by atoms with Crippen LogP contribution in [0, 0.1) is 5.82 Å². The molecule has 3 nitrogen and oxygen atoms in total. The van der Waals surface area contributed by atoms with Crippen molar-refractivity contribution in [3.8, 4) is 0 Å². The van der Waals surface area contributed by atoms with E-state index in [4.69, 9.17) is 5.73 Å². The fraction of sp³-hybridized carbons (Fsp3) is 0.400. The lowest BCUT2D eigenvalue weighted by Gasteiger charge is -1.76. The van der Waals surface area contributed by atoms with E-state index in [0.29, 0.717) is 0 Å². The third kappa shape index (κ3) is 2.12. The van der Waals surface area contributed by atoms with Crippen molar-refractivity contribution < 1.29 is 4.39 Å². The molecule has 1 rings (SSSR count). The average molecular weight is 131 g/mol. The maximum Gasteiger partial charge on any atom is 0.184 e. The predicted octanol–water partition coefficient (Wildman–Crippen LogP) is 1.16. The van der Waals surface area contributed by atoms with E-state index in [1.807, 2.05) is 13.8 Å². The number of aromatic nitrogens is 2. The summed E-state index contributed by atoms with van der Waals surface area (Å²) in [4.78, 5) is 0. The first-order chi connectivity index (χ1) is 4.30. The molecule has 0 amide bonds. The largest absolute Gasteiger partial charge is 0.382 e. The molecule has 0 aliphatic heterocycles. The molecule has 1 aromatic heterocycles. The summed E-state index contributed by atoms with van der Waals surface area (Å²) in [6, 6.07) is 0. The molecule has 0 atom stereocenters. The number of rotatable bonds is 0. The zero-order valence-electron chi connectivity index (χ0n) is 5.48. The third-order valence-electron chi connectivity index (χ3n) is 0.620. The Morgan fingerprint density at radius 1 is 1.67 bits per heavy atom. The van der Waals surface area contributed by atoms with Gasteiger partial charge in [-0.25, -0.2) is 4.39 Å². The van der Waals surface area contributed by atoms with Crippen LogP contribution in [0.25, 0.3) is 0 Å². The van der Waals surface area contributed by atoms with E-state index in [0.717, 1.165) is 6.20 Å². The highest BCUT2D eigenvalue weighted by atomic mass is 19.1. The first-order valence-corrected chi connectivity index (χ1v) is 2.75. The first kappa shape index (κ1) is 7.94. The summed E-state index contributed by atoms with van der Waals surface area (Å²) in [5.74, 6) is -0.514. The van der Waals surface area contributed by atoms with Crippen LogP contribution in [0.15, 0.2) is 6.20 Å². The number of nitrogen functional groups attached to an aromatic ring is 1. The summed E-state index contributed by atoms with van der Waals surface area (Å²) in [7, 11) is 0. The molecule has 4 heteroatoms. The van der Waals surface area contributed by atoms with Crippen molar-refractivity contribution in [2.75, 3.05) is 5.73 Å². The Kier molecular flexibility index (Phi) is 3.43. The van der Waals surface area contributed by atoms with Gasteiger partial charge in [0.05, 0.1) is 6.20 Å². The topological polar surface area (TPSA) is 54.7 Å². The minimum atomic E-state index is -0.500. The van der Waals surface area contributed by atoms with Gasteiger partial charge in [0.25, 0.3) is 0 Å². The van der Waals surface area contributed by atoms with Crippen LogP contribution in [-0.2, 0) is 0 Å². The van der Waals surface area contributed by atoms with E-state index in [-0.39, 0.29) is 5.82 Å². The van der Waals surface area contributed by atoms with E-state index in [1.54, 1.807) is 0 Å². The van der Waals surface area contributed by atoms with Crippen molar-refractivity contribution in [1.82, 2.24) is 10.2 Å². The van der Waals surface area contributed by atoms with Gasteiger partial charge in [-0.15, -0.1) is 0 Å². The number of nitrogens with two attached hydrogens (primary N) is 1. The molecule has 9 heavy (non-hydrogen) atoms. The highest BCUT2D eigenvalue weighted by Crippen LogP contribution is 1.99. The second-order valence-corrected chi connectivity index (χ2v) is 1.13. The zero-order valence-corrected chi connectivity index (χ0v) is 5.48. The van der Waals surface area contributed by atoms with Crippen LogP contribution in [0.1, 0.15) is 13.8 Å². The number of aromatic amines is 1. The molecule has 0 aliphatic rings. The summed E-state index contributed by atoms with van der Waals surface area (Å²) < 4.78 is 11.9. The average Bonchev–Trinajstić information content (AvgIpc) is 2.23. The monoisotopic (exact) mass is 131 g/mol. The number of H-pyrrole nitrogens is 1.